The van der Waals surface area contributed by atoms with E-state index in [9.17, 15) is 0 Å². The van der Waals surface area contributed by atoms with Gasteiger partial charge in [-0.1, -0.05) is 0 Å². The number of nitrogens with one attached hydrogen (secondary N) is 1. The largest absolute Gasteiger partial charge is 0.490 e. The van der Waals surface area contributed by atoms with Crippen LogP contribution in [0.4, 0.5) is 5.69 Å². The third kappa shape index (κ3) is 1.06. The number of hydrogen-bond acceptors (Lipinski definition) is 4. The minimum Gasteiger partial charge on any atom is -0.490 e. The molecule has 3 rings (SSSR count). The van der Waals surface area contributed by atoms with Crippen molar-refractivity contribution < 1.29 is 4.74 Å². The molecule has 4 heteroatoms. The Morgan fingerprint density at radius 3 is 3.46 bits per heavy atom. The van der Waals surface area contributed by atoms with Crippen LogP contribution < -0.4 is 10.1 Å². The monoisotopic (exact) mass is 192 g/mol. The van der Waals surface area contributed by atoms with Crippen LogP contribution in [-0.2, 0) is 0 Å². The van der Waals surface area contributed by atoms with E-state index in [1.165, 1.54) is 4.70 Å². The van der Waals surface area contributed by atoms with Gasteiger partial charge in [-0.05, 0) is 6.07 Å². The van der Waals surface area contributed by atoms with Crippen LogP contribution in [0.3, 0.4) is 0 Å². The summed E-state index contributed by atoms with van der Waals surface area (Å²) in [4.78, 5) is 4.24. The van der Waals surface area contributed by atoms with E-state index < -0.39 is 0 Å². The van der Waals surface area contributed by atoms with Gasteiger partial charge in [-0.15, -0.1) is 11.3 Å². The number of thiazole rings is 1. The van der Waals surface area contributed by atoms with Crippen molar-refractivity contribution in [3.8, 4) is 5.75 Å². The van der Waals surface area contributed by atoms with Gasteiger partial charge in [-0.3, -0.25) is 0 Å². The number of rotatable bonds is 0. The first-order valence-electron chi connectivity index (χ1n) is 4.17. The van der Waals surface area contributed by atoms with Crippen LogP contribution in [0.25, 0.3) is 10.2 Å². The summed E-state index contributed by atoms with van der Waals surface area (Å²) in [7, 11) is 0. The number of aromatic nitrogens is 1. The third-order valence-electron chi connectivity index (χ3n) is 2.11. The highest BCUT2D eigenvalue weighted by Gasteiger charge is 2.11. The van der Waals surface area contributed by atoms with Crippen molar-refractivity contribution in [3.63, 3.8) is 0 Å². The topological polar surface area (TPSA) is 34.2 Å². The van der Waals surface area contributed by atoms with Gasteiger partial charge in [0.05, 0.1) is 21.4 Å². The van der Waals surface area contributed by atoms with Gasteiger partial charge in [-0.25, -0.2) is 4.98 Å². The fourth-order valence-electron chi connectivity index (χ4n) is 1.49. The predicted octanol–water partition coefficient (Wildman–Crippen LogP) is 2.10. The van der Waals surface area contributed by atoms with Gasteiger partial charge < -0.3 is 10.1 Å². The molecule has 1 aliphatic heterocycles. The average molecular weight is 192 g/mol. The quantitative estimate of drug-likeness (QED) is 0.694. The number of ether oxygens (including phenoxy) is 1. The zero-order valence-corrected chi connectivity index (χ0v) is 7.73. The summed E-state index contributed by atoms with van der Waals surface area (Å²) in [5, 5.41) is 3.30. The molecule has 1 N–H and O–H groups in total. The maximum Gasteiger partial charge on any atom is 0.144 e. The lowest BCUT2D eigenvalue weighted by molar-refractivity contribution is 0.324. The molecule has 0 atom stereocenters. The van der Waals surface area contributed by atoms with Gasteiger partial charge in [-0.2, -0.15) is 0 Å². The molecule has 0 amide bonds. The Hall–Kier alpha value is -1.29. The van der Waals surface area contributed by atoms with E-state index in [2.05, 4.69) is 16.4 Å². The molecule has 66 valence electrons. The summed E-state index contributed by atoms with van der Waals surface area (Å²) in [6, 6.07) is 4.09. The highest BCUT2D eigenvalue weighted by atomic mass is 32.1. The highest BCUT2D eigenvalue weighted by molar-refractivity contribution is 7.16. The first kappa shape index (κ1) is 7.15. The van der Waals surface area contributed by atoms with Gasteiger partial charge in [0.25, 0.3) is 0 Å². The van der Waals surface area contributed by atoms with E-state index in [4.69, 9.17) is 4.74 Å². The third-order valence-corrected chi connectivity index (χ3v) is 2.90. The summed E-state index contributed by atoms with van der Waals surface area (Å²) in [6.07, 6.45) is 0. The smallest absolute Gasteiger partial charge is 0.144 e. The van der Waals surface area contributed by atoms with E-state index in [0.717, 1.165) is 30.1 Å². The summed E-state index contributed by atoms with van der Waals surface area (Å²) < 4.78 is 6.71. The molecule has 13 heavy (non-hydrogen) atoms. The fourth-order valence-corrected chi connectivity index (χ4v) is 2.19. The average Bonchev–Trinajstić information content (AvgIpc) is 2.61. The summed E-state index contributed by atoms with van der Waals surface area (Å²) in [6.45, 7) is 1.62. The Labute approximate surface area is 79.4 Å². The molecule has 1 aromatic carbocycles. The van der Waals surface area contributed by atoms with Crippen molar-refractivity contribution in [2.45, 2.75) is 0 Å². The number of anilines is 1. The van der Waals surface area contributed by atoms with E-state index >= 15 is 0 Å². The molecule has 3 nitrogen and oxygen atoms in total. The number of nitrogens with zero attached hydrogens (tertiary/aromatic N) is 1. The molecule has 0 bridgehead atoms. The van der Waals surface area contributed by atoms with E-state index in [-0.39, 0.29) is 0 Å². The molecule has 0 fully saturated rings. The lowest BCUT2D eigenvalue weighted by Crippen LogP contribution is -2.17. The zero-order valence-electron chi connectivity index (χ0n) is 6.91. The van der Waals surface area contributed by atoms with E-state index in [0.29, 0.717) is 0 Å². The van der Waals surface area contributed by atoms with Crippen molar-refractivity contribution >= 4 is 27.2 Å². The standard InChI is InChI=1S/C9H8N2OS/c1-2-12-8-3-7-9(13-5-11-7)4-6(8)10-1/h3-5,10H,1-2H2. The maximum absolute atomic E-state index is 5.50. The Morgan fingerprint density at radius 2 is 2.46 bits per heavy atom. The van der Waals surface area contributed by atoms with Crippen molar-refractivity contribution in [3.05, 3.63) is 17.6 Å². The lowest BCUT2D eigenvalue weighted by atomic mass is 10.2. The first-order valence-corrected chi connectivity index (χ1v) is 5.05. The van der Waals surface area contributed by atoms with Crippen LogP contribution >= 0.6 is 11.3 Å². The molecule has 2 aromatic rings. The number of benzene rings is 1. The van der Waals surface area contributed by atoms with Crippen molar-refractivity contribution in [2.75, 3.05) is 18.5 Å². The minimum atomic E-state index is 0.739. The molecule has 2 heterocycles. The number of fused-ring (bicyclic) bond motifs is 2. The Kier molecular flexibility index (Phi) is 1.43. The normalized spacial score (nSPS) is 14.8. The summed E-state index contributed by atoms with van der Waals surface area (Å²) in [5.41, 5.74) is 3.96. The van der Waals surface area contributed by atoms with Crippen LogP contribution in [0, 0.1) is 0 Å². The molecule has 0 spiro atoms. The summed E-state index contributed by atoms with van der Waals surface area (Å²) >= 11 is 1.65. The van der Waals surface area contributed by atoms with Crippen molar-refractivity contribution in [1.82, 2.24) is 4.98 Å². The van der Waals surface area contributed by atoms with Crippen molar-refractivity contribution in [1.29, 1.82) is 0 Å². The van der Waals surface area contributed by atoms with Crippen LogP contribution in [0.5, 0.6) is 5.75 Å². The Balaban J connectivity index is 2.28. The van der Waals surface area contributed by atoms with Gasteiger partial charge >= 0.3 is 0 Å². The fraction of sp³-hybridized carbons (Fsp3) is 0.222. The Morgan fingerprint density at radius 1 is 1.46 bits per heavy atom. The molecule has 0 radical (unpaired) electrons. The minimum absolute atomic E-state index is 0.739. The van der Waals surface area contributed by atoms with E-state index in [1.807, 2.05) is 11.6 Å². The summed E-state index contributed by atoms with van der Waals surface area (Å²) in [5.74, 6) is 0.921. The van der Waals surface area contributed by atoms with Gasteiger partial charge in [0, 0.05) is 12.6 Å². The highest BCUT2D eigenvalue weighted by Crippen LogP contribution is 2.33. The van der Waals surface area contributed by atoms with Gasteiger partial charge in [0.1, 0.15) is 12.4 Å². The molecule has 1 aromatic heterocycles. The van der Waals surface area contributed by atoms with Gasteiger partial charge in [0.2, 0.25) is 0 Å². The Bertz CT molecular complexity index is 412. The second-order valence-electron chi connectivity index (χ2n) is 2.94. The van der Waals surface area contributed by atoms with Gasteiger partial charge in [0.15, 0.2) is 0 Å². The molecule has 1 aliphatic rings. The molecule has 0 saturated carbocycles. The lowest BCUT2D eigenvalue weighted by Gasteiger charge is -2.18. The van der Waals surface area contributed by atoms with Crippen LogP contribution in [0.15, 0.2) is 17.6 Å². The first-order chi connectivity index (χ1) is 6.43. The zero-order chi connectivity index (χ0) is 8.67. The van der Waals surface area contributed by atoms with Crippen LogP contribution in [0.1, 0.15) is 0 Å². The van der Waals surface area contributed by atoms with Crippen LogP contribution in [0.2, 0.25) is 0 Å². The SMILES string of the molecule is c1nc2cc3c(cc2s1)NCCO3. The second kappa shape index (κ2) is 2.60. The van der Waals surface area contributed by atoms with Crippen molar-refractivity contribution in [2.24, 2.45) is 0 Å². The van der Waals surface area contributed by atoms with Crippen LogP contribution in [-0.4, -0.2) is 18.1 Å². The predicted molar refractivity (Wildman–Crippen MR) is 53.6 cm³/mol. The molecular weight excluding hydrogens is 184 g/mol. The maximum atomic E-state index is 5.50. The molecule has 0 saturated heterocycles. The molecule has 0 aliphatic carbocycles. The molecular formula is C9H8N2OS. The number of hydrogen-bond donors (Lipinski definition) is 1. The second-order valence-corrected chi connectivity index (χ2v) is 3.83. The molecule has 0 unspecified atom stereocenters. The van der Waals surface area contributed by atoms with E-state index in [1.54, 1.807) is 11.3 Å².